The predicted octanol–water partition coefficient (Wildman–Crippen LogP) is 1.14. The van der Waals surface area contributed by atoms with Gasteiger partial charge in [0.25, 0.3) is 0 Å². The van der Waals surface area contributed by atoms with Crippen LogP contribution >= 0.6 is 11.8 Å². The molecular weight excluding hydrogens is 312 g/mol. The van der Waals surface area contributed by atoms with Gasteiger partial charge in [0.2, 0.25) is 0 Å². The van der Waals surface area contributed by atoms with Crippen LogP contribution in [0.5, 0.6) is 0 Å². The van der Waals surface area contributed by atoms with Crippen molar-refractivity contribution in [3.8, 4) is 0 Å². The Kier molecular flexibility index (Phi) is 7.15. The molecule has 0 aromatic heterocycles. The number of esters is 3. The Balaban J connectivity index is 3.00. The normalized spacial score (nSPS) is 31.2. The standard InChI is InChI=1S/C14H22O7S/c1-7-12(19-9(3)16)13(20-10(4)17)11(6-18-8(2)15)21-14(7)22-5/h7,11-14H,6H2,1-5H3/t7?,11?,12-,13-,14+/m1/s1. The number of carbonyl (C=O) groups is 3. The Labute approximate surface area is 134 Å². The zero-order valence-corrected chi connectivity index (χ0v) is 14.2. The first-order valence-electron chi connectivity index (χ1n) is 6.92. The molecule has 0 aliphatic carbocycles. The number of ether oxygens (including phenoxy) is 4. The van der Waals surface area contributed by atoms with Crippen molar-refractivity contribution in [2.75, 3.05) is 12.9 Å². The SMILES string of the molecule is CS[C@@H]1OC(COC(C)=O)[C@@H](OC(C)=O)[C@H](OC(C)=O)C1C. The summed E-state index contributed by atoms with van der Waals surface area (Å²) in [6, 6.07) is 0. The highest BCUT2D eigenvalue weighted by molar-refractivity contribution is 7.99. The van der Waals surface area contributed by atoms with Crippen molar-refractivity contribution in [3.63, 3.8) is 0 Å². The fourth-order valence-electron chi connectivity index (χ4n) is 2.34. The largest absolute Gasteiger partial charge is 0.463 e. The molecular formula is C14H22O7S. The quantitative estimate of drug-likeness (QED) is 0.546. The van der Waals surface area contributed by atoms with Crippen LogP contribution in [0.3, 0.4) is 0 Å². The van der Waals surface area contributed by atoms with Gasteiger partial charge in [-0.1, -0.05) is 6.92 Å². The molecule has 1 fully saturated rings. The second-order valence-electron chi connectivity index (χ2n) is 5.09. The van der Waals surface area contributed by atoms with Crippen LogP contribution in [0.25, 0.3) is 0 Å². The first kappa shape index (κ1) is 18.8. The average Bonchev–Trinajstić information content (AvgIpc) is 2.41. The molecule has 22 heavy (non-hydrogen) atoms. The summed E-state index contributed by atoms with van der Waals surface area (Å²) >= 11 is 1.45. The maximum atomic E-state index is 11.4. The molecule has 0 saturated carbocycles. The summed E-state index contributed by atoms with van der Waals surface area (Å²) in [6.07, 6.45) is -0.306. The van der Waals surface area contributed by atoms with Crippen LogP contribution in [-0.4, -0.2) is 54.5 Å². The summed E-state index contributed by atoms with van der Waals surface area (Å²) < 4.78 is 21.4. The second kappa shape index (κ2) is 8.38. The Bertz CT molecular complexity index is 425. The summed E-state index contributed by atoms with van der Waals surface area (Å²) in [5.41, 5.74) is -0.267. The van der Waals surface area contributed by atoms with Crippen molar-refractivity contribution in [1.82, 2.24) is 0 Å². The van der Waals surface area contributed by atoms with Gasteiger partial charge in [0.15, 0.2) is 6.10 Å². The molecule has 0 aromatic carbocycles. The topological polar surface area (TPSA) is 88.1 Å². The van der Waals surface area contributed by atoms with E-state index in [2.05, 4.69) is 0 Å². The summed E-state index contributed by atoms with van der Waals surface area (Å²) in [6.45, 7) is 5.62. The van der Waals surface area contributed by atoms with Gasteiger partial charge in [-0.05, 0) is 6.26 Å². The van der Waals surface area contributed by atoms with Gasteiger partial charge in [-0.2, -0.15) is 0 Å². The smallest absolute Gasteiger partial charge is 0.303 e. The van der Waals surface area contributed by atoms with Crippen LogP contribution in [0.15, 0.2) is 0 Å². The van der Waals surface area contributed by atoms with Crippen molar-refractivity contribution in [1.29, 1.82) is 0 Å². The van der Waals surface area contributed by atoms with Crippen LogP contribution in [0, 0.1) is 5.92 Å². The van der Waals surface area contributed by atoms with Crippen molar-refractivity contribution in [2.45, 2.75) is 51.4 Å². The summed E-state index contributed by atoms with van der Waals surface area (Å²) in [5, 5.41) is 0. The highest BCUT2D eigenvalue weighted by atomic mass is 32.2. The number of hydrogen-bond acceptors (Lipinski definition) is 8. The molecule has 7 nitrogen and oxygen atoms in total. The van der Waals surface area contributed by atoms with E-state index in [0.717, 1.165) is 0 Å². The first-order chi connectivity index (χ1) is 10.3. The van der Waals surface area contributed by atoms with Gasteiger partial charge in [-0.25, -0.2) is 0 Å². The van der Waals surface area contributed by atoms with E-state index in [1.807, 2.05) is 13.2 Å². The molecule has 0 radical (unpaired) electrons. The molecule has 1 heterocycles. The third-order valence-corrected chi connectivity index (χ3v) is 4.24. The van der Waals surface area contributed by atoms with Crippen LogP contribution in [0.2, 0.25) is 0 Å². The Morgan fingerprint density at radius 1 is 1.00 bits per heavy atom. The third kappa shape index (κ3) is 5.17. The van der Waals surface area contributed by atoms with Crippen LogP contribution in [0.4, 0.5) is 0 Å². The minimum Gasteiger partial charge on any atom is -0.463 e. The minimum atomic E-state index is -0.820. The third-order valence-electron chi connectivity index (χ3n) is 3.23. The average molecular weight is 334 g/mol. The Morgan fingerprint density at radius 2 is 1.55 bits per heavy atom. The van der Waals surface area contributed by atoms with Crippen LogP contribution in [-0.2, 0) is 33.3 Å². The zero-order valence-electron chi connectivity index (χ0n) is 13.4. The lowest BCUT2D eigenvalue weighted by molar-refractivity contribution is -0.217. The molecule has 1 saturated heterocycles. The fraction of sp³-hybridized carbons (Fsp3) is 0.786. The predicted molar refractivity (Wildman–Crippen MR) is 79.1 cm³/mol. The fourth-order valence-corrected chi connectivity index (χ4v) is 3.18. The number of carbonyl (C=O) groups excluding carboxylic acids is 3. The lowest BCUT2D eigenvalue weighted by Gasteiger charge is -2.43. The molecule has 0 aromatic rings. The van der Waals surface area contributed by atoms with Gasteiger partial charge < -0.3 is 18.9 Å². The number of rotatable bonds is 5. The van der Waals surface area contributed by atoms with E-state index in [1.165, 1.54) is 32.5 Å². The molecule has 1 rings (SSSR count). The van der Waals surface area contributed by atoms with Gasteiger partial charge in [0, 0.05) is 26.7 Å². The summed E-state index contributed by atoms with van der Waals surface area (Å²) in [4.78, 5) is 33.7. The van der Waals surface area contributed by atoms with Crippen molar-refractivity contribution < 1.29 is 33.3 Å². The van der Waals surface area contributed by atoms with Crippen molar-refractivity contribution in [2.24, 2.45) is 5.92 Å². The maximum absolute atomic E-state index is 11.4. The molecule has 0 spiro atoms. The van der Waals surface area contributed by atoms with E-state index in [4.69, 9.17) is 18.9 Å². The lowest BCUT2D eigenvalue weighted by atomic mass is 9.93. The minimum absolute atomic E-state index is 0.0746. The molecule has 0 amide bonds. The molecule has 126 valence electrons. The van der Waals surface area contributed by atoms with E-state index in [-0.39, 0.29) is 18.0 Å². The Hall–Kier alpha value is -1.28. The van der Waals surface area contributed by atoms with Gasteiger partial charge in [-0.3, -0.25) is 14.4 Å². The first-order valence-corrected chi connectivity index (χ1v) is 8.21. The summed E-state index contributed by atoms with van der Waals surface area (Å²) in [7, 11) is 0. The van der Waals surface area contributed by atoms with E-state index in [1.54, 1.807) is 0 Å². The van der Waals surface area contributed by atoms with E-state index in [9.17, 15) is 14.4 Å². The number of thioether (sulfide) groups is 1. The molecule has 0 N–H and O–H groups in total. The Morgan fingerprint density at radius 3 is 2.00 bits per heavy atom. The van der Waals surface area contributed by atoms with Gasteiger partial charge in [-0.15, -0.1) is 11.8 Å². The van der Waals surface area contributed by atoms with Gasteiger partial charge in [0.05, 0.1) is 0 Å². The van der Waals surface area contributed by atoms with Gasteiger partial charge >= 0.3 is 17.9 Å². The summed E-state index contributed by atoms with van der Waals surface area (Å²) in [5.74, 6) is -1.64. The zero-order chi connectivity index (χ0) is 16.9. The highest BCUT2D eigenvalue weighted by Gasteiger charge is 2.47. The molecule has 0 bridgehead atoms. The molecule has 8 heteroatoms. The van der Waals surface area contributed by atoms with Gasteiger partial charge in [0.1, 0.15) is 24.3 Å². The number of hydrogen-bond donors (Lipinski definition) is 0. The molecule has 1 aliphatic rings. The maximum Gasteiger partial charge on any atom is 0.303 e. The molecule has 1 aliphatic heterocycles. The highest BCUT2D eigenvalue weighted by Crippen LogP contribution is 2.35. The van der Waals surface area contributed by atoms with Crippen LogP contribution in [0.1, 0.15) is 27.7 Å². The van der Waals surface area contributed by atoms with Crippen molar-refractivity contribution in [3.05, 3.63) is 0 Å². The van der Waals surface area contributed by atoms with Crippen molar-refractivity contribution >= 4 is 29.7 Å². The van der Waals surface area contributed by atoms with E-state index >= 15 is 0 Å². The van der Waals surface area contributed by atoms with E-state index in [0.29, 0.717) is 0 Å². The lowest BCUT2D eigenvalue weighted by Crippen LogP contribution is -2.57. The molecule has 2 unspecified atom stereocenters. The molecule has 5 atom stereocenters. The monoisotopic (exact) mass is 334 g/mol. The second-order valence-corrected chi connectivity index (χ2v) is 6.02. The van der Waals surface area contributed by atoms with Crippen LogP contribution < -0.4 is 0 Å². The van der Waals surface area contributed by atoms with E-state index < -0.39 is 36.2 Å².